The van der Waals surface area contributed by atoms with Gasteiger partial charge in [-0.15, -0.1) is 0 Å². The molecule has 36 heavy (non-hydrogen) atoms. The number of aromatic nitrogens is 2. The Balaban J connectivity index is 1.64. The third-order valence-corrected chi connectivity index (χ3v) is 7.69. The molecule has 188 valence electrons. The predicted molar refractivity (Wildman–Crippen MR) is 133 cm³/mol. The summed E-state index contributed by atoms with van der Waals surface area (Å²) in [7, 11) is 0. The molecule has 10 heteroatoms. The van der Waals surface area contributed by atoms with Gasteiger partial charge in [0.15, 0.2) is 5.72 Å². The molecule has 1 fully saturated rings. The highest BCUT2D eigenvalue weighted by Gasteiger charge is 2.53. The molecule has 0 aliphatic carbocycles. The fraction of sp³-hybridized carbons (Fsp3) is 0.346. The van der Waals surface area contributed by atoms with Gasteiger partial charge < -0.3 is 15.5 Å². The molecule has 2 unspecified atom stereocenters. The van der Waals surface area contributed by atoms with Gasteiger partial charge in [0.25, 0.3) is 5.91 Å². The van der Waals surface area contributed by atoms with Crippen molar-refractivity contribution in [1.82, 2.24) is 20.2 Å². The van der Waals surface area contributed by atoms with Crippen molar-refractivity contribution in [3.63, 3.8) is 0 Å². The maximum absolute atomic E-state index is 15.9. The second-order valence-electron chi connectivity index (χ2n) is 9.44. The maximum Gasteiger partial charge on any atom is 0.257 e. The van der Waals surface area contributed by atoms with Crippen molar-refractivity contribution in [2.45, 2.75) is 37.6 Å². The van der Waals surface area contributed by atoms with Crippen molar-refractivity contribution < 1.29 is 19.4 Å². The molecular weight excluding hydrogens is 506 g/mol. The molecule has 3 N–H and O–H groups in total. The van der Waals surface area contributed by atoms with Crippen LogP contribution in [0.1, 0.15) is 52.6 Å². The van der Waals surface area contributed by atoms with E-state index in [2.05, 4.69) is 15.3 Å². The molecule has 1 saturated heterocycles. The zero-order chi connectivity index (χ0) is 25.7. The first-order chi connectivity index (χ1) is 17.1. The SMILES string of the molecule is CC(O)(c1cc(F)c2c(c1)C(=O)N(Cc1ncc(Cl)cn1)C2(O)c1ccc(Cl)cc1)C1CCNCC1. The smallest absolute Gasteiger partial charge is 0.257 e. The minimum atomic E-state index is -2.15. The molecule has 3 aromatic rings. The third kappa shape index (κ3) is 4.17. The van der Waals surface area contributed by atoms with Crippen molar-refractivity contribution >= 4 is 29.1 Å². The molecular formula is C26H25Cl2FN4O3. The number of halogens is 3. The molecule has 2 aliphatic heterocycles. The number of amides is 1. The fourth-order valence-electron chi connectivity index (χ4n) is 5.20. The van der Waals surface area contributed by atoms with E-state index in [0.717, 1.165) is 18.0 Å². The van der Waals surface area contributed by atoms with Crippen LogP contribution < -0.4 is 5.32 Å². The lowest BCUT2D eigenvalue weighted by atomic mass is 9.76. The van der Waals surface area contributed by atoms with E-state index in [-0.39, 0.29) is 35.0 Å². The Kier molecular flexibility index (Phi) is 6.51. The largest absolute Gasteiger partial charge is 0.385 e. The van der Waals surface area contributed by atoms with Crippen LogP contribution in [0.2, 0.25) is 10.0 Å². The number of piperidine rings is 1. The molecule has 1 amide bonds. The third-order valence-electron chi connectivity index (χ3n) is 7.24. The number of carbonyl (C=O) groups is 1. The molecule has 3 heterocycles. The summed E-state index contributed by atoms with van der Waals surface area (Å²) in [6.07, 6.45) is 4.20. The highest BCUT2D eigenvalue weighted by Crippen LogP contribution is 2.46. The zero-order valence-electron chi connectivity index (χ0n) is 19.5. The van der Waals surface area contributed by atoms with Crippen molar-refractivity contribution in [1.29, 1.82) is 0 Å². The molecule has 7 nitrogen and oxygen atoms in total. The summed E-state index contributed by atoms with van der Waals surface area (Å²) in [6, 6.07) is 8.91. The summed E-state index contributed by atoms with van der Waals surface area (Å²) in [4.78, 5) is 23.1. The number of fused-ring (bicyclic) bond motifs is 1. The maximum atomic E-state index is 15.9. The highest BCUT2D eigenvalue weighted by molar-refractivity contribution is 6.30. The fourth-order valence-corrected chi connectivity index (χ4v) is 5.42. The average Bonchev–Trinajstić information content (AvgIpc) is 3.09. The van der Waals surface area contributed by atoms with E-state index in [1.165, 1.54) is 24.5 Å². The van der Waals surface area contributed by atoms with Crippen molar-refractivity contribution in [3.05, 3.63) is 92.7 Å². The van der Waals surface area contributed by atoms with E-state index in [1.54, 1.807) is 31.2 Å². The van der Waals surface area contributed by atoms with E-state index >= 15 is 4.39 Å². The van der Waals surface area contributed by atoms with Gasteiger partial charge in [0, 0.05) is 23.0 Å². The molecule has 0 spiro atoms. The zero-order valence-corrected chi connectivity index (χ0v) is 21.0. The quantitative estimate of drug-likeness (QED) is 0.461. The van der Waals surface area contributed by atoms with E-state index < -0.39 is 23.1 Å². The normalized spacial score (nSPS) is 21.9. The molecule has 0 bridgehead atoms. The van der Waals surface area contributed by atoms with Crippen molar-refractivity contribution in [3.8, 4) is 0 Å². The molecule has 2 aliphatic rings. The van der Waals surface area contributed by atoms with Gasteiger partial charge in [0.1, 0.15) is 11.6 Å². The van der Waals surface area contributed by atoms with E-state index in [1.807, 2.05) is 0 Å². The predicted octanol–water partition coefficient (Wildman–Crippen LogP) is 3.98. The number of carbonyl (C=O) groups excluding carboxylic acids is 1. The van der Waals surface area contributed by atoms with Gasteiger partial charge in [-0.3, -0.25) is 9.69 Å². The Bertz CT molecular complexity index is 1300. The van der Waals surface area contributed by atoms with Crippen LogP contribution in [0, 0.1) is 11.7 Å². The Labute approximate surface area is 217 Å². The standard InChI is InChI=1S/C26H25Cl2FN4O3/c1-25(35,15-6-8-30-9-7-15)17-10-20-23(21(29)11-17)26(36,16-2-4-18(27)5-3-16)33(24(20)34)14-22-31-12-19(28)13-32-22/h2-5,10-13,15,30,35-36H,6-9,14H2,1H3. The van der Waals surface area contributed by atoms with Crippen LogP contribution in [0.5, 0.6) is 0 Å². The van der Waals surface area contributed by atoms with Crippen LogP contribution in [0.25, 0.3) is 0 Å². The molecule has 0 radical (unpaired) electrons. The Morgan fingerprint density at radius 1 is 1.14 bits per heavy atom. The lowest BCUT2D eigenvalue weighted by molar-refractivity contribution is -0.0573. The Morgan fingerprint density at radius 2 is 1.78 bits per heavy atom. The van der Waals surface area contributed by atoms with Crippen LogP contribution in [0.15, 0.2) is 48.8 Å². The first-order valence-electron chi connectivity index (χ1n) is 11.7. The first kappa shape index (κ1) is 25.0. The minimum absolute atomic E-state index is 0.0226. The molecule has 2 aromatic carbocycles. The van der Waals surface area contributed by atoms with Crippen LogP contribution in [-0.4, -0.2) is 44.1 Å². The Morgan fingerprint density at radius 3 is 2.42 bits per heavy atom. The van der Waals surface area contributed by atoms with Gasteiger partial charge in [-0.25, -0.2) is 14.4 Å². The number of rotatable bonds is 5. The molecule has 1 aromatic heterocycles. The van der Waals surface area contributed by atoms with E-state index in [9.17, 15) is 15.0 Å². The number of aliphatic hydroxyl groups is 2. The number of nitrogens with zero attached hydrogens (tertiary/aromatic N) is 3. The summed E-state index contributed by atoms with van der Waals surface area (Å²) < 4.78 is 15.9. The topological polar surface area (TPSA) is 98.6 Å². The van der Waals surface area contributed by atoms with Gasteiger partial charge in [0.05, 0.1) is 28.3 Å². The summed E-state index contributed by atoms with van der Waals surface area (Å²) in [6.45, 7) is 2.94. The van der Waals surface area contributed by atoms with Gasteiger partial charge in [-0.05, 0) is 68.6 Å². The highest BCUT2D eigenvalue weighted by atomic mass is 35.5. The number of benzene rings is 2. The number of hydrogen-bond donors (Lipinski definition) is 3. The van der Waals surface area contributed by atoms with Crippen molar-refractivity contribution in [2.24, 2.45) is 5.92 Å². The van der Waals surface area contributed by atoms with Crippen molar-refractivity contribution in [2.75, 3.05) is 13.1 Å². The van der Waals surface area contributed by atoms with Gasteiger partial charge >= 0.3 is 0 Å². The van der Waals surface area contributed by atoms with Crippen LogP contribution in [-0.2, 0) is 17.9 Å². The van der Waals surface area contributed by atoms with E-state index in [0.29, 0.717) is 28.5 Å². The summed E-state index contributed by atoms with van der Waals surface area (Å²) in [5.74, 6) is -1.29. The van der Waals surface area contributed by atoms with E-state index in [4.69, 9.17) is 23.2 Å². The Hall–Kier alpha value is -2.62. The van der Waals surface area contributed by atoms with Crippen LogP contribution in [0.3, 0.4) is 0 Å². The summed E-state index contributed by atoms with van der Waals surface area (Å²) in [5.41, 5.74) is -3.17. The minimum Gasteiger partial charge on any atom is -0.385 e. The lowest BCUT2D eigenvalue weighted by Gasteiger charge is -2.37. The van der Waals surface area contributed by atoms with Gasteiger partial charge in [-0.1, -0.05) is 35.3 Å². The molecule has 5 rings (SSSR count). The second-order valence-corrected chi connectivity index (χ2v) is 10.3. The van der Waals surface area contributed by atoms with Gasteiger partial charge in [-0.2, -0.15) is 0 Å². The first-order valence-corrected chi connectivity index (χ1v) is 12.4. The lowest BCUT2D eigenvalue weighted by Crippen LogP contribution is -2.44. The molecule has 2 atom stereocenters. The van der Waals surface area contributed by atoms with Crippen LogP contribution >= 0.6 is 23.2 Å². The number of nitrogens with one attached hydrogen (secondary N) is 1. The van der Waals surface area contributed by atoms with Crippen LogP contribution in [0.4, 0.5) is 4.39 Å². The van der Waals surface area contributed by atoms with Gasteiger partial charge in [0.2, 0.25) is 0 Å². The second kappa shape index (κ2) is 9.36. The number of hydrogen-bond acceptors (Lipinski definition) is 6. The summed E-state index contributed by atoms with van der Waals surface area (Å²) >= 11 is 11.9. The average molecular weight is 531 g/mol. The monoisotopic (exact) mass is 530 g/mol. The molecule has 0 saturated carbocycles. The summed E-state index contributed by atoms with van der Waals surface area (Å²) in [5, 5.41) is 27.5.